The zero-order valence-corrected chi connectivity index (χ0v) is 12.5. The number of hydrogen-bond donors (Lipinski definition) is 1. The lowest BCUT2D eigenvalue weighted by molar-refractivity contribution is 0.0690. The van der Waals surface area contributed by atoms with Gasteiger partial charge in [0, 0.05) is 24.6 Å². The quantitative estimate of drug-likeness (QED) is 0.906. The van der Waals surface area contributed by atoms with Gasteiger partial charge in [-0.1, -0.05) is 20.8 Å². The maximum Gasteiger partial charge on any atom is 0.354 e. The Bertz CT molecular complexity index is 695. The Balaban J connectivity index is 2.21. The Kier molecular flexibility index (Phi) is 3.07. The molecule has 1 aliphatic rings. The number of anilines is 1. The fourth-order valence-corrected chi connectivity index (χ4v) is 2.45. The van der Waals surface area contributed by atoms with Crippen molar-refractivity contribution in [2.24, 2.45) is 0 Å². The molecular weight excluding hydrogens is 270 g/mol. The normalized spacial score (nSPS) is 15.9. The maximum absolute atomic E-state index is 11.3. The van der Waals surface area contributed by atoms with Crippen molar-refractivity contribution in [2.45, 2.75) is 39.0 Å². The van der Waals surface area contributed by atoms with E-state index in [1.165, 1.54) is 0 Å². The predicted molar refractivity (Wildman–Crippen MR) is 77.9 cm³/mol. The molecule has 0 radical (unpaired) electrons. The molecule has 7 heteroatoms. The fraction of sp³-hybridized carbons (Fsp3) is 0.571. The lowest BCUT2D eigenvalue weighted by Crippen LogP contribution is -2.22. The second-order valence-corrected chi connectivity index (χ2v) is 6.40. The van der Waals surface area contributed by atoms with Crippen molar-refractivity contribution >= 4 is 17.6 Å². The zero-order chi connectivity index (χ0) is 15.2. The second-order valence-electron chi connectivity index (χ2n) is 6.40. The minimum atomic E-state index is -1.04. The largest absolute Gasteiger partial charge is 0.477 e. The van der Waals surface area contributed by atoms with Crippen LogP contribution >= 0.6 is 0 Å². The smallest absolute Gasteiger partial charge is 0.354 e. The molecule has 1 fully saturated rings. The molecular formula is C14H19N5O2. The molecule has 112 valence electrons. The molecule has 2 aromatic heterocycles. The van der Waals surface area contributed by atoms with Gasteiger partial charge in [-0.2, -0.15) is 9.50 Å². The monoisotopic (exact) mass is 289 g/mol. The third-order valence-corrected chi connectivity index (χ3v) is 3.61. The number of aromatic nitrogens is 4. The molecule has 3 heterocycles. The van der Waals surface area contributed by atoms with Gasteiger partial charge in [-0.25, -0.2) is 9.78 Å². The third kappa shape index (κ3) is 2.43. The van der Waals surface area contributed by atoms with Crippen LogP contribution in [-0.2, 0) is 5.41 Å². The second kappa shape index (κ2) is 4.68. The number of rotatable bonds is 2. The van der Waals surface area contributed by atoms with Crippen LogP contribution in [0.4, 0.5) is 5.82 Å². The summed E-state index contributed by atoms with van der Waals surface area (Å²) in [7, 11) is 0. The molecule has 3 rings (SSSR count). The number of hydrogen-bond acceptors (Lipinski definition) is 5. The maximum atomic E-state index is 11.3. The third-order valence-electron chi connectivity index (χ3n) is 3.61. The van der Waals surface area contributed by atoms with Crippen molar-refractivity contribution in [3.63, 3.8) is 0 Å². The molecule has 0 amide bonds. The number of carboxylic acid groups (broad SMARTS) is 1. The summed E-state index contributed by atoms with van der Waals surface area (Å²) in [5.41, 5.74) is -0.198. The summed E-state index contributed by atoms with van der Waals surface area (Å²) in [6.45, 7) is 7.88. The zero-order valence-electron chi connectivity index (χ0n) is 12.5. The van der Waals surface area contributed by atoms with Crippen molar-refractivity contribution in [1.29, 1.82) is 0 Å². The highest BCUT2D eigenvalue weighted by molar-refractivity contribution is 5.87. The van der Waals surface area contributed by atoms with E-state index in [1.54, 1.807) is 10.6 Å². The van der Waals surface area contributed by atoms with Crippen LogP contribution in [0.25, 0.3) is 5.78 Å². The van der Waals surface area contributed by atoms with E-state index in [0.29, 0.717) is 11.6 Å². The number of nitrogens with zero attached hydrogens (tertiary/aromatic N) is 5. The molecule has 0 unspecified atom stereocenters. The van der Waals surface area contributed by atoms with Crippen molar-refractivity contribution < 1.29 is 9.90 Å². The summed E-state index contributed by atoms with van der Waals surface area (Å²) in [5, 5.41) is 13.8. The van der Waals surface area contributed by atoms with Gasteiger partial charge in [0.25, 0.3) is 5.78 Å². The van der Waals surface area contributed by atoms with Crippen molar-refractivity contribution in [1.82, 2.24) is 19.6 Å². The first kappa shape index (κ1) is 13.8. The first-order valence-electron chi connectivity index (χ1n) is 7.13. The van der Waals surface area contributed by atoms with E-state index in [1.807, 2.05) is 20.8 Å². The molecule has 2 aromatic rings. The Morgan fingerprint density at radius 1 is 1.24 bits per heavy atom. The van der Waals surface area contributed by atoms with Crippen LogP contribution in [-0.4, -0.2) is 43.7 Å². The number of aromatic carboxylic acids is 1. The molecule has 0 atom stereocenters. The lowest BCUT2D eigenvalue weighted by Gasteiger charge is -2.18. The van der Waals surface area contributed by atoms with Gasteiger partial charge in [-0.3, -0.25) is 0 Å². The van der Waals surface area contributed by atoms with E-state index in [-0.39, 0.29) is 11.1 Å². The molecule has 21 heavy (non-hydrogen) atoms. The number of carbonyl (C=O) groups is 1. The lowest BCUT2D eigenvalue weighted by atomic mass is 9.96. The standard InChI is InChI=1S/C14H19N5O2/c1-14(2,3)12-16-13-15-9(11(20)21)8-10(19(13)17-12)18-6-4-5-7-18/h8H,4-7H2,1-3H3,(H,20,21). The minimum Gasteiger partial charge on any atom is -0.477 e. The van der Waals surface area contributed by atoms with E-state index < -0.39 is 5.97 Å². The van der Waals surface area contributed by atoms with Crippen LogP contribution in [0, 0.1) is 0 Å². The molecule has 1 saturated heterocycles. The van der Waals surface area contributed by atoms with Crippen LogP contribution in [0.5, 0.6) is 0 Å². The Morgan fingerprint density at radius 2 is 1.90 bits per heavy atom. The van der Waals surface area contributed by atoms with E-state index >= 15 is 0 Å². The summed E-state index contributed by atoms with van der Waals surface area (Å²) in [4.78, 5) is 21.9. The highest BCUT2D eigenvalue weighted by Crippen LogP contribution is 2.24. The minimum absolute atomic E-state index is 0.0114. The number of carboxylic acids is 1. The molecule has 0 bridgehead atoms. The average Bonchev–Trinajstić information content (AvgIpc) is 3.05. The summed E-state index contributed by atoms with van der Waals surface area (Å²) in [5.74, 6) is 0.732. The van der Waals surface area contributed by atoms with Crippen LogP contribution in [0.15, 0.2) is 6.07 Å². The first-order valence-corrected chi connectivity index (χ1v) is 7.13. The molecule has 1 aliphatic heterocycles. The van der Waals surface area contributed by atoms with Gasteiger partial charge in [-0.05, 0) is 12.8 Å². The van der Waals surface area contributed by atoms with E-state index in [2.05, 4.69) is 20.0 Å². The van der Waals surface area contributed by atoms with E-state index in [4.69, 9.17) is 0 Å². The molecule has 0 aromatic carbocycles. The van der Waals surface area contributed by atoms with Crippen LogP contribution in [0.1, 0.15) is 49.9 Å². The molecule has 0 aliphatic carbocycles. The average molecular weight is 289 g/mol. The van der Waals surface area contributed by atoms with Crippen molar-refractivity contribution in [2.75, 3.05) is 18.0 Å². The van der Waals surface area contributed by atoms with Crippen LogP contribution in [0.2, 0.25) is 0 Å². The van der Waals surface area contributed by atoms with Crippen molar-refractivity contribution in [3.8, 4) is 0 Å². The van der Waals surface area contributed by atoms with E-state index in [0.717, 1.165) is 31.7 Å². The Morgan fingerprint density at radius 3 is 2.48 bits per heavy atom. The highest BCUT2D eigenvalue weighted by Gasteiger charge is 2.25. The van der Waals surface area contributed by atoms with Crippen LogP contribution in [0.3, 0.4) is 0 Å². The van der Waals surface area contributed by atoms with Gasteiger partial charge < -0.3 is 10.0 Å². The topological polar surface area (TPSA) is 83.6 Å². The van der Waals surface area contributed by atoms with Gasteiger partial charge in [0.1, 0.15) is 5.82 Å². The van der Waals surface area contributed by atoms with Gasteiger partial charge in [-0.15, -0.1) is 5.10 Å². The van der Waals surface area contributed by atoms with Crippen molar-refractivity contribution in [3.05, 3.63) is 17.6 Å². The molecule has 1 N–H and O–H groups in total. The molecule has 0 saturated carbocycles. The Hall–Kier alpha value is -2.18. The van der Waals surface area contributed by atoms with Gasteiger partial charge in [0.2, 0.25) is 0 Å². The summed E-state index contributed by atoms with van der Waals surface area (Å²) in [6.07, 6.45) is 2.21. The van der Waals surface area contributed by atoms with Crippen LogP contribution < -0.4 is 4.90 Å². The molecule has 0 spiro atoms. The van der Waals surface area contributed by atoms with Gasteiger partial charge in [0.05, 0.1) is 0 Å². The van der Waals surface area contributed by atoms with Gasteiger partial charge >= 0.3 is 5.97 Å². The summed E-state index contributed by atoms with van der Waals surface area (Å²) >= 11 is 0. The predicted octanol–water partition coefficient (Wildman–Crippen LogP) is 1.72. The fourth-order valence-electron chi connectivity index (χ4n) is 2.45. The summed E-state index contributed by atoms with van der Waals surface area (Å²) < 4.78 is 1.67. The SMILES string of the molecule is CC(C)(C)c1nc2nc(C(=O)O)cc(N3CCCC3)n2n1. The first-order chi connectivity index (χ1) is 9.86. The van der Waals surface area contributed by atoms with Gasteiger partial charge in [0.15, 0.2) is 11.5 Å². The van der Waals surface area contributed by atoms with E-state index in [9.17, 15) is 9.90 Å². The summed E-state index contributed by atoms with van der Waals surface area (Å²) in [6, 6.07) is 1.59. The number of fused-ring (bicyclic) bond motifs is 1. The molecule has 7 nitrogen and oxygen atoms in total. The Labute approximate surface area is 122 Å². The highest BCUT2D eigenvalue weighted by atomic mass is 16.4.